The Hall–Kier alpha value is -0.410. The zero-order valence-electron chi connectivity index (χ0n) is 10.5. The molecule has 0 atom stereocenters. The quantitative estimate of drug-likeness (QED) is 0.869. The standard InChI is InChI=1S/C13H22N2S/c1-13(2,14-3)12-15-11(9-16-12)10-7-5-4-6-8-10/h9-10,14H,4-8H2,1-3H3. The van der Waals surface area contributed by atoms with Gasteiger partial charge in [0.15, 0.2) is 0 Å². The third kappa shape index (κ3) is 2.46. The number of hydrogen-bond donors (Lipinski definition) is 1. The number of rotatable bonds is 3. The average molecular weight is 238 g/mol. The molecule has 1 aromatic rings. The molecule has 1 N–H and O–H groups in total. The SMILES string of the molecule is CNC(C)(C)c1nc(C2CCCCC2)cs1. The maximum atomic E-state index is 4.83. The predicted molar refractivity (Wildman–Crippen MR) is 70.0 cm³/mol. The fraction of sp³-hybridized carbons (Fsp3) is 0.769. The van der Waals surface area contributed by atoms with Gasteiger partial charge < -0.3 is 5.32 Å². The number of hydrogen-bond acceptors (Lipinski definition) is 3. The summed E-state index contributed by atoms with van der Waals surface area (Å²) in [6.45, 7) is 4.38. The van der Waals surface area contributed by atoms with E-state index < -0.39 is 0 Å². The fourth-order valence-electron chi connectivity index (χ4n) is 2.27. The Balaban J connectivity index is 2.12. The monoisotopic (exact) mass is 238 g/mol. The molecule has 0 spiro atoms. The zero-order valence-corrected chi connectivity index (χ0v) is 11.4. The summed E-state index contributed by atoms with van der Waals surface area (Å²) in [4.78, 5) is 4.83. The lowest BCUT2D eigenvalue weighted by Gasteiger charge is -2.22. The summed E-state index contributed by atoms with van der Waals surface area (Å²) in [5.74, 6) is 0.728. The van der Waals surface area contributed by atoms with Gasteiger partial charge in [-0.3, -0.25) is 0 Å². The van der Waals surface area contributed by atoms with Crippen molar-refractivity contribution in [3.63, 3.8) is 0 Å². The molecule has 1 fully saturated rings. The van der Waals surface area contributed by atoms with Crippen LogP contribution < -0.4 is 5.32 Å². The van der Waals surface area contributed by atoms with Crippen LogP contribution in [0.3, 0.4) is 0 Å². The Morgan fingerprint density at radius 2 is 2.00 bits per heavy atom. The molecule has 2 nitrogen and oxygen atoms in total. The Morgan fingerprint density at radius 3 is 2.62 bits per heavy atom. The number of aromatic nitrogens is 1. The Bertz CT molecular complexity index is 337. The molecule has 1 aliphatic carbocycles. The number of nitrogens with one attached hydrogen (secondary N) is 1. The second-order valence-electron chi connectivity index (χ2n) is 5.29. The smallest absolute Gasteiger partial charge is 0.112 e. The molecular weight excluding hydrogens is 216 g/mol. The molecule has 3 heteroatoms. The van der Waals surface area contributed by atoms with Crippen LogP contribution in [0, 0.1) is 0 Å². The van der Waals surface area contributed by atoms with Gasteiger partial charge >= 0.3 is 0 Å². The summed E-state index contributed by atoms with van der Waals surface area (Å²) in [6.07, 6.45) is 6.85. The molecule has 0 unspecified atom stereocenters. The second kappa shape index (κ2) is 4.84. The van der Waals surface area contributed by atoms with E-state index in [1.807, 2.05) is 7.05 Å². The van der Waals surface area contributed by atoms with Gasteiger partial charge in [0.05, 0.1) is 11.2 Å². The third-order valence-electron chi connectivity index (χ3n) is 3.71. The Kier molecular flexibility index (Phi) is 3.65. The maximum Gasteiger partial charge on any atom is 0.112 e. The molecule has 2 rings (SSSR count). The van der Waals surface area contributed by atoms with Crippen molar-refractivity contribution in [2.45, 2.75) is 57.4 Å². The van der Waals surface area contributed by atoms with Gasteiger partial charge in [-0.1, -0.05) is 19.3 Å². The maximum absolute atomic E-state index is 4.83. The highest BCUT2D eigenvalue weighted by atomic mass is 32.1. The summed E-state index contributed by atoms with van der Waals surface area (Å²) < 4.78 is 0. The predicted octanol–water partition coefficient (Wildman–Crippen LogP) is 3.65. The van der Waals surface area contributed by atoms with Crippen molar-refractivity contribution in [2.24, 2.45) is 0 Å². The molecular formula is C13H22N2S. The van der Waals surface area contributed by atoms with E-state index in [0.29, 0.717) is 0 Å². The molecule has 0 aliphatic heterocycles. The summed E-state index contributed by atoms with van der Waals surface area (Å²) in [5.41, 5.74) is 1.35. The van der Waals surface area contributed by atoms with E-state index in [-0.39, 0.29) is 5.54 Å². The first kappa shape index (κ1) is 12.1. The first-order valence-electron chi connectivity index (χ1n) is 6.28. The van der Waals surface area contributed by atoms with Gasteiger partial charge in [0.1, 0.15) is 5.01 Å². The van der Waals surface area contributed by atoms with Crippen LogP contribution in [-0.4, -0.2) is 12.0 Å². The van der Waals surface area contributed by atoms with Gasteiger partial charge in [0.2, 0.25) is 0 Å². The van der Waals surface area contributed by atoms with Gasteiger partial charge in [-0.25, -0.2) is 4.98 Å². The lowest BCUT2D eigenvalue weighted by molar-refractivity contribution is 0.423. The molecule has 0 radical (unpaired) electrons. The van der Waals surface area contributed by atoms with Crippen LogP contribution in [-0.2, 0) is 5.54 Å². The number of nitrogens with zero attached hydrogens (tertiary/aromatic N) is 1. The van der Waals surface area contributed by atoms with Crippen LogP contribution in [0.25, 0.3) is 0 Å². The van der Waals surface area contributed by atoms with Crippen molar-refractivity contribution in [2.75, 3.05) is 7.05 Å². The molecule has 0 bridgehead atoms. The minimum absolute atomic E-state index is 0.0115. The van der Waals surface area contributed by atoms with Crippen LogP contribution in [0.4, 0.5) is 0 Å². The zero-order chi connectivity index (χ0) is 11.6. The van der Waals surface area contributed by atoms with Gasteiger partial charge in [0, 0.05) is 11.3 Å². The van der Waals surface area contributed by atoms with Crippen LogP contribution in [0.5, 0.6) is 0 Å². The third-order valence-corrected chi connectivity index (χ3v) is 4.89. The van der Waals surface area contributed by atoms with E-state index in [1.165, 1.54) is 42.8 Å². The second-order valence-corrected chi connectivity index (χ2v) is 6.15. The summed E-state index contributed by atoms with van der Waals surface area (Å²) in [5, 5.41) is 6.81. The Morgan fingerprint density at radius 1 is 1.31 bits per heavy atom. The summed E-state index contributed by atoms with van der Waals surface area (Å²) in [6, 6.07) is 0. The van der Waals surface area contributed by atoms with Gasteiger partial charge in [-0.2, -0.15) is 0 Å². The molecule has 0 amide bonds. The Labute approximate surface area is 102 Å². The van der Waals surface area contributed by atoms with E-state index in [4.69, 9.17) is 4.98 Å². The average Bonchev–Trinajstić information content (AvgIpc) is 2.80. The highest BCUT2D eigenvalue weighted by molar-refractivity contribution is 7.09. The van der Waals surface area contributed by atoms with E-state index in [9.17, 15) is 0 Å². The van der Waals surface area contributed by atoms with E-state index in [0.717, 1.165) is 5.92 Å². The van der Waals surface area contributed by atoms with E-state index >= 15 is 0 Å². The van der Waals surface area contributed by atoms with Crippen molar-refractivity contribution >= 4 is 11.3 Å². The van der Waals surface area contributed by atoms with Crippen LogP contribution in [0.15, 0.2) is 5.38 Å². The van der Waals surface area contributed by atoms with Gasteiger partial charge in [-0.05, 0) is 33.7 Å². The molecule has 1 heterocycles. The van der Waals surface area contributed by atoms with Crippen molar-refractivity contribution in [3.8, 4) is 0 Å². The van der Waals surface area contributed by atoms with Gasteiger partial charge in [0.25, 0.3) is 0 Å². The lowest BCUT2D eigenvalue weighted by atomic mass is 9.87. The molecule has 1 saturated carbocycles. The summed E-state index contributed by atoms with van der Waals surface area (Å²) in [7, 11) is 2.00. The van der Waals surface area contributed by atoms with Crippen LogP contribution >= 0.6 is 11.3 Å². The molecule has 0 saturated heterocycles. The minimum atomic E-state index is 0.0115. The minimum Gasteiger partial charge on any atom is -0.309 e. The van der Waals surface area contributed by atoms with E-state index in [1.54, 1.807) is 11.3 Å². The van der Waals surface area contributed by atoms with Crippen LogP contribution in [0.2, 0.25) is 0 Å². The fourth-order valence-corrected chi connectivity index (χ4v) is 3.30. The molecule has 1 aromatic heterocycles. The highest BCUT2D eigenvalue weighted by Crippen LogP contribution is 2.34. The summed E-state index contributed by atoms with van der Waals surface area (Å²) >= 11 is 1.80. The first-order chi connectivity index (χ1) is 7.63. The first-order valence-corrected chi connectivity index (χ1v) is 7.16. The molecule has 90 valence electrons. The van der Waals surface area contributed by atoms with Crippen molar-refractivity contribution in [1.29, 1.82) is 0 Å². The largest absolute Gasteiger partial charge is 0.309 e. The normalized spacial score (nSPS) is 18.9. The highest BCUT2D eigenvalue weighted by Gasteiger charge is 2.24. The van der Waals surface area contributed by atoms with Crippen molar-refractivity contribution in [1.82, 2.24) is 10.3 Å². The lowest BCUT2D eigenvalue weighted by Crippen LogP contribution is -2.33. The van der Waals surface area contributed by atoms with Crippen molar-refractivity contribution in [3.05, 3.63) is 16.1 Å². The topological polar surface area (TPSA) is 24.9 Å². The number of thiazole rings is 1. The van der Waals surface area contributed by atoms with Gasteiger partial charge in [-0.15, -0.1) is 11.3 Å². The van der Waals surface area contributed by atoms with Crippen molar-refractivity contribution < 1.29 is 0 Å². The molecule has 1 aliphatic rings. The molecule has 16 heavy (non-hydrogen) atoms. The van der Waals surface area contributed by atoms with E-state index in [2.05, 4.69) is 24.5 Å². The van der Waals surface area contributed by atoms with Crippen LogP contribution in [0.1, 0.15) is 62.6 Å². The molecule has 0 aromatic carbocycles.